The Kier molecular flexibility index (Phi) is 9.54. The van der Waals surface area contributed by atoms with E-state index in [1.54, 1.807) is 13.2 Å². The molecule has 9 heteroatoms. The zero-order valence-corrected chi connectivity index (χ0v) is 22.0. The van der Waals surface area contributed by atoms with Crippen LogP contribution in [0.25, 0.3) is 11.3 Å². The Hall–Kier alpha value is -2.14. The number of carbonyl (C=O) groups excluding carboxylic acids is 1. The van der Waals surface area contributed by atoms with Crippen LogP contribution < -0.4 is 5.32 Å². The van der Waals surface area contributed by atoms with Crippen LogP contribution in [0.3, 0.4) is 0 Å². The lowest BCUT2D eigenvalue weighted by atomic mass is 10.1. The van der Waals surface area contributed by atoms with Gasteiger partial charge in [-0.3, -0.25) is 14.7 Å². The number of nitrogens with zero attached hydrogens (tertiary/aromatic N) is 5. The average molecular weight is 566 g/mol. The van der Waals surface area contributed by atoms with Crippen LogP contribution in [-0.2, 0) is 11.3 Å². The first-order valence-corrected chi connectivity index (χ1v) is 11.6. The number of rotatable bonds is 5. The van der Waals surface area contributed by atoms with Gasteiger partial charge in [0.2, 0.25) is 11.8 Å². The molecule has 1 N–H and O–H groups in total. The normalized spacial score (nSPS) is 17.6. The monoisotopic (exact) mass is 566 g/mol. The van der Waals surface area contributed by atoms with E-state index < -0.39 is 0 Å². The van der Waals surface area contributed by atoms with E-state index in [-0.39, 0.29) is 29.9 Å². The molecule has 1 aromatic carbocycles. The number of hydrogen-bond donors (Lipinski definition) is 1. The predicted molar refractivity (Wildman–Crippen MR) is 141 cm³/mol. The molecule has 8 nitrogen and oxygen atoms in total. The molecule has 1 amide bonds. The number of amides is 1. The van der Waals surface area contributed by atoms with E-state index in [9.17, 15) is 4.79 Å². The summed E-state index contributed by atoms with van der Waals surface area (Å²) in [5, 5.41) is 3.36. The van der Waals surface area contributed by atoms with Gasteiger partial charge in [-0.1, -0.05) is 29.8 Å². The highest BCUT2D eigenvalue weighted by Gasteiger charge is 2.24. The van der Waals surface area contributed by atoms with Gasteiger partial charge in [0.25, 0.3) is 0 Å². The summed E-state index contributed by atoms with van der Waals surface area (Å²) in [5.41, 5.74) is 2.24. The van der Waals surface area contributed by atoms with Crippen molar-refractivity contribution in [3.8, 4) is 11.3 Å². The van der Waals surface area contributed by atoms with Gasteiger partial charge >= 0.3 is 0 Å². The van der Waals surface area contributed by atoms with Crippen molar-refractivity contribution in [2.45, 2.75) is 32.7 Å². The maximum absolute atomic E-state index is 12.5. The van der Waals surface area contributed by atoms with E-state index >= 15 is 0 Å². The van der Waals surface area contributed by atoms with Gasteiger partial charge in [-0.05, 0) is 26.2 Å². The fourth-order valence-electron chi connectivity index (χ4n) is 4.28. The van der Waals surface area contributed by atoms with Crippen LogP contribution in [0.2, 0.25) is 0 Å². The molecule has 0 saturated carbocycles. The third-order valence-electron chi connectivity index (χ3n) is 6.24. The number of halogens is 1. The summed E-state index contributed by atoms with van der Waals surface area (Å²) >= 11 is 0. The van der Waals surface area contributed by atoms with Gasteiger partial charge in [0.1, 0.15) is 0 Å². The van der Waals surface area contributed by atoms with Crippen molar-refractivity contribution in [1.82, 2.24) is 25.0 Å². The number of oxazole rings is 1. The molecular formula is C24H35IN6O2. The fourth-order valence-corrected chi connectivity index (χ4v) is 4.28. The molecule has 2 aromatic rings. The van der Waals surface area contributed by atoms with Gasteiger partial charge in [0.15, 0.2) is 11.7 Å². The average Bonchev–Trinajstić information content (AvgIpc) is 3.30. The van der Waals surface area contributed by atoms with Crippen molar-refractivity contribution in [1.29, 1.82) is 0 Å². The molecule has 3 heterocycles. The molecule has 2 aliphatic rings. The number of guanidine groups is 1. The lowest BCUT2D eigenvalue weighted by Crippen LogP contribution is -2.54. The number of piperidine rings is 1. The molecule has 180 valence electrons. The minimum absolute atomic E-state index is 0. The molecule has 0 radical (unpaired) electrons. The first-order valence-electron chi connectivity index (χ1n) is 11.6. The summed E-state index contributed by atoms with van der Waals surface area (Å²) in [4.78, 5) is 27.9. The summed E-state index contributed by atoms with van der Waals surface area (Å²) in [7, 11) is 1.79. The van der Waals surface area contributed by atoms with Crippen LogP contribution in [0, 0.1) is 6.92 Å². The second kappa shape index (κ2) is 12.4. The van der Waals surface area contributed by atoms with Gasteiger partial charge in [0.05, 0.1) is 19.3 Å². The first kappa shape index (κ1) is 25.5. The number of aryl methyl sites for hydroxylation is 1. The molecule has 0 aliphatic carbocycles. The van der Waals surface area contributed by atoms with Crippen molar-refractivity contribution in [2.75, 3.05) is 52.9 Å². The van der Waals surface area contributed by atoms with Gasteiger partial charge < -0.3 is 19.5 Å². The quantitative estimate of drug-likeness (QED) is 0.341. The molecule has 0 bridgehead atoms. The van der Waals surface area contributed by atoms with Crippen LogP contribution in [0.4, 0.5) is 0 Å². The van der Waals surface area contributed by atoms with Crippen LogP contribution >= 0.6 is 24.0 Å². The number of likely N-dealkylation sites (tertiary alicyclic amines) is 1. The molecule has 2 aliphatic heterocycles. The van der Waals surface area contributed by atoms with Crippen LogP contribution in [0.1, 0.15) is 30.7 Å². The Labute approximate surface area is 213 Å². The lowest BCUT2D eigenvalue weighted by molar-refractivity contribution is -0.133. The van der Waals surface area contributed by atoms with E-state index in [1.807, 2.05) is 17.0 Å². The van der Waals surface area contributed by atoms with Crippen molar-refractivity contribution in [3.63, 3.8) is 0 Å². The number of hydrogen-bond acceptors (Lipinski definition) is 5. The fraction of sp³-hybridized carbons (Fsp3) is 0.542. The molecule has 33 heavy (non-hydrogen) atoms. The molecule has 0 unspecified atom stereocenters. The zero-order valence-electron chi connectivity index (χ0n) is 19.6. The number of piperazine rings is 1. The molecule has 4 rings (SSSR count). The summed E-state index contributed by atoms with van der Waals surface area (Å²) in [6.07, 6.45) is 5.29. The number of benzene rings is 1. The molecule has 1 aromatic heterocycles. The highest BCUT2D eigenvalue weighted by atomic mass is 127. The topological polar surface area (TPSA) is 77.2 Å². The predicted octanol–water partition coefficient (Wildman–Crippen LogP) is 2.97. The standard InChI is InChI=1S/C24H34N6O2.HI/c1-19-6-8-20(9-7-19)21-16-26-22(32-21)17-27-24(25-2)30-14-12-28(13-15-30)18-23(31)29-10-4-3-5-11-29;/h6-9,16H,3-5,10-15,17-18H2,1-2H3,(H,25,27);1H. The third-order valence-corrected chi connectivity index (χ3v) is 6.24. The molecular weight excluding hydrogens is 531 g/mol. The van der Waals surface area contributed by atoms with Crippen LogP contribution in [-0.4, -0.2) is 84.4 Å². The van der Waals surface area contributed by atoms with Crippen LogP contribution in [0.15, 0.2) is 39.9 Å². The molecule has 2 fully saturated rings. The second-order valence-electron chi connectivity index (χ2n) is 8.59. The van der Waals surface area contributed by atoms with E-state index in [2.05, 4.69) is 44.1 Å². The SMILES string of the molecule is CN=C(NCc1ncc(-c2ccc(C)cc2)o1)N1CCN(CC(=O)N2CCCCC2)CC1.I. The Balaban J connectivity index is 0.00000306. The summed E-state index contributed by atoms with van der Waals surface area (Å²) in [6, 6.07) is 8.22. The highest BCUT2D eigenvalue weighted by molar-refractivity contribution is 14.0. The molecule has 0 spiro atoms. The maximum atomic E-state index is 12.5. The second-order valence-corrected chi connectivity index (χ2v) is 8.59. The number of nitrogens with one attached hydrogen (secondary N) is 1. The summed E-state index contributed by atoms with van der Waals surface area (Å²) in [5.74, 6) is 2.51. The molecule has 2 saturated heterocycles. The number of carbonyl (C=O) groups is 1. The number of aliphatic imine (C=N–C) groups is 1. The van der Waals surface area contributed by atoms with Gasteiger partial charge in [-0.2, -0.15) is 0 Å². The Morgan fingerprint density at radius 2 is 1.73 bits per heavy atom. The highest BCUT2D eigenvalue weighted by Crippen LogP contribution is 2.20. The molecule has 0 atom stereocenters. The summed E-state index contributed by atoms with van der Waals surface area (Å²) in [6.45, 7) is 8.30. The van der Waals surface area contributed by atoms with Crippen molar-refractivity contribution >= 4 is 35.8 Å². The Morgan fingerprint density at radius 1 is 1.03 bits per heavy atom. The van der Waals surface area contributed by atoms with E-state index in [4.69, 9.17) is 4.42 Å². The van der Waals surface area contributed by atoms with E-state index in [0.717, 1.165) is 69.4 Å². The van der Waals surface area contributed by atoms with Crippen LogP contribution in [0.5, 0.6) is 0 Å². The van der Waals surface area contributed by atoms with E-state index in [1.165, 1.54) is 12.0 Å². The van der Waals surface area contributed by atoms with Crippen molar-refractivity contribution in [2.24, 2.45) is 4.99 Å². The Morgan fingerprint density at radius 3 is 2.39 bits per heavy atom. The first-order chi connectivity index (χ1) is 15.6. The van der Waals surface area contributed by atoms with Crippen molar-refractivity contribution in [3.05, 3.63) is 41.9 Å². The smallest absolute Gasteiger partial charge is 0.236 e. The van der Waals surface area contributed by atoms with Gasteiger partial charge in [-0.15, -0.1) is 24.0 Å². The lowest BCUT2D eigenvalue weighted by Gasteiger charge is -2.37. The minimum Gasteiger partial charge on any atom is -0.439 e. The van der Waals surface area contributed by atoms with Gasteiger partial charge in [0, 0.05) is 51.9 Å². The minimum atomic E-state index is 0. The Bertz CT molecular complexity index is 915. The third kappa shape index (κ3) is 6.92. The number of aromatic nitrogens is 1. The summed E-state index contributed by atoms with van der Waals surface area (Å²) < 4.78 is 5.91. The van der Waals surface area contributed by atoms with E-state index in [0.29, 0.717) is 19.0 Å². The largest absolute Gasteiger partial charge is 0.439 e. The maximum Gasteiger partial charge on any atom is 0.236 e. The zero-order chi connectivity index (χ0) is 22.3. The van der Waals surface area contributed by atoms with Gasteiger partial charge in [-0.25, -0.2) is 4.98 Å². The van der Waals surface area contributed by atoms with Crippen molar-refractivity contribution < 1.29 is 9.21 Å².